The Kier molecular flexibility index (Phi) is 5.71. The molecule has 34 heavy (non-hydrogen) atoms. The monoisotopic (exact) mass is 479 g/mol. The van der Waals surface area contributed by atoms with E-state index in [1.54, 1.807) is 48.1 Å². The normalized spacial score (nSPS) is 18.4. The van der Waals surface area contributed by atoms with Gasteiger partial charge in [0, 0.05) is 29.5 Å². The molecule has 1 saturated heterocycles. The van der Waals surface area contributed by atoms with Crippen molar-refractivity contribution in [3.8, 4) is 5.69 Å². The van der Waals surface area contributed by atoms with Crippen molar-refractivity contribution in [2.24, 2.45) is 0 Å². The number of nitrogens with one attached hydrogen (secondary N) is 1. The molecular formula is C25H24ClN4O4+. The van der Waals surface area contributed by atoms with Gasteiger partial charge in [-0.3, -0.25) is 24.4 Å². The number of rotatable bonds is 5. The maximum absolute atomic E-state index is 13.7. The van der Waals surface area contributed by atoms with Crippen molar-refractivity contribution < 1.29 is 18.9 Å². The average Bonchev–Trinajstić information content (AvgIpc) is 3.49. The summed E-state index contributed by atoms with van der Waals surface area (Å²) >= 11 is 6.12. The number of hydrogen-bond donors (Lipinski definition) is 1. The number of benzene rings is 1. The van der Waals surface area contributed by atoms with Gasteiger partial charge in [0.2, 0.25) is 0 Å². The van der Waals surface area contributed by atoms with Gasteiger partial charge in [-0.05, 0) is 50.5 Å². The molecule has 1 fully saturated rings. The molecule has 2 aromatic heterocycles. The molecule has 1 aromatic carbocycles. The average molecular weight is 480 g/mol. The van der Waals surface area contributed by atoms with Crippen molar-refractivity contribution in [1.29, 1.82) is 0 Å². The summed E-state index contributed by atoms with van der Waals surface area (Å²) in [6.07, 6.45) is 4.92. The number of amides is 2. The molecule has 1 N–H and O–H groups in total. The van der Waals surface area contributed by atoms with Crippen molar-refractivity contribution in [3.63, 3.8) is 0 Å². The number of imide groups is 1. The number of ether oxygens (including phenoxy) is 1. The highest BCUT2D eigenvalue weighted by molar-refractivity contribution is 6.44. The molecule has 2 amide bonds. The van der Waals surface area contributed by atoms with Crippen LogP contribution >= 0.6 is 11.6 Å². The number of aromatic nitrogens is 3. The van der Waals surface area contributed by atoms with E-state index in [1.807, 2.05) is 19.1 Å². The highest BCUT2D eigenvalue weighted by Gasteiger charge is 2.48. The Morgan fingerprint density at radius 3 is 2.56 bits per heavy atom. The number of carbonyl (C=O) groups is 2. The van der Waals surface area contributed by atoms with E-state index in [0.717, 1.165) is 18.4 Å². The van der Waals surface area contributed by atoms with Gasteiger partial charge in [0.05, 0.1) is 23.9 Å². The lowest BCUT2D eigenvalue weighted by Gasteiger charge is -2.18. The first-order valence-electron chi connectivity index (χ1n) is 11.1. The van der Waals surface area contributed by atoms with E-state index in [9.17, 15) is 14.4 Å². The molecule has 1 unspecified atom stereocenters. The minimum absolute atomic E-state index is 0.0800. The van der Waals surface area contributed by atoms with E-state index in [0.29, 0.717) is 23.0 Å². The molecule has 5 rings (SSSR count). The Morgan fingerprint density at radius 2 is 1.88 bits per heavy atom. The lowest BCUT2D eigenvalue weighted by Crippen LogP contribution is -2.42. The molecule has 0 aliphatic carbocycles. The van der Waals surface area contributed by atoms with Crippen LogP contribution in [0.1, 0.15) is 29.7 Å². The van der Waals surface area contributed by atoms with Crippen LogP contribution in [0.4, 0.5) is 0 Å². The number of carbonyl (C=O) groups excluding carboxylic acids is 2. The van der Waals surface area contributed by atoms with Gasteiger partial charge < -0.3 is 4.74 Å². The third-order valence-electron chi connectivity index (χ3n) is 6.20. The van der Waals surface area contributed by atoms with Crippen LogP contribution in [0.15, 0.2) is 53.6 Å². The largest absolute Gasteiger partial charge is 0.376 e. The molecule has 0 bridgehead atoms. The number of aromatic amines is 1. The van der Waals surface area contributed by atoms with E-state index in [1.165, 1.54) is 9.58 Å². The molecule has 2 aliphatic heterocycles. The summed E-state index contributed by atoms with van der Waals surface area (Å²) in [7, 11) is 0. The lowest BCUT2D eigenvalue weighted by molar-refractivity contribution is -0.577. The summed E-state index contributed by atoms with van der Waals surface area (Å²) in [6, 6.07) is 10.5. The maximum atomic E-state index is 13.7. The fraction of sp³-hybridized carbons (Fsp3) is 0.280. The molecule has 4 heterocycles. The molecule has 2 aliphatic rings. The highest BCUT2D eigenvalue weighted by Crippen LogP contribution is 2.31. The van der Waals surface area contributed by atoms with Crippen LogP contribution in [0.25, 0.3) is 17.0 Å². The predicted molar refractivity (Wildman–Crippen MR) is 126 cm³/mol. The van der Waals surface area contributed by atoms with Crippen molar-refractivity contribution in [3.05, 3.63) is 81.0 Å². The Labute approximate surface area is 201 Å². The van der Waals surface area contributed by atoms with Crippen LogP contribution < -0.4 is 10.1 Å². The molecule has 0 radical (unpaired) electrons. The SMILES string of the molecule is Cc1cc[n+](C2=C(c3c(C)[nH]n(-c4cccc(Cl)c4)c3=O)C(=O)N(CC3CCCO3)C2=O)cc1. The molecule has 9 heteroatoms. The second-order valence-corrected chi connectivity index (χ2v) is 9.03. The molecule has 3 aromatic rings. The Morgan fingerprint density at radius 1 is 1.12 bits per heavy atom. The van der Waals surface area contributed by atoms with Gasteiger partial charge >= 0.3 is 5.91 Å². The first-order valence-corrected chi connectivity index (χ1v) is 11.5. The van der Waals surface area contributed by atoms with E-state index in [2.05, 4.69) is 5.10 Å². The zero-order valence-electron chi connectivity index (χ0n) is 18.9. The fourth-order valence-electron chi connectivity index (χ4n) is 4.47. The molecular weight excluding hydrogens is 456 g/mol. The van der Waals surface area contributed by atoms with Crippen LogP contribution in [0.3, 0.4) is 0 Å². The second-order valence-electron chi connectivity index (χ2n) is 8.59. The number of aryl methyl sites for hydroxylation is 2. The van der Waals surface area contributed by atoms with E-state index >= 15 is 0 Å². The van der Waals surface area contributed by atoms with E-state index in [-0.39, 0.29) is 29.5 Å². The summed E-state index contributed by atoms with van der Waals surface area (Å²) in [4.78, 5) is 42.0. The maximum Gasteiger partial charge on any atom is 0.327 e. The zero-order chi connectivity index (χ0) is 24.0. The topological polar surface area (TPSA) is 88.3 Å². The minimum atomic E-state index is -0.499. The van der Waals surface area contributed by atoms with E-state index in [4.69, 9.17) is 16.3 Å². The third-order valence-corrected chi connectivity index (χ3v) is 6.43. The van der Waals surface area contributed by atoms with Gasteiger partial charge in [0.1, 0.15) is 5.57 Å². The van der Waals surface area contributed by atoms with Crippen molar-refractivity contribution in [2.45, 2.75) is 32.8 Å². The number of hydrogen-bond acceptors (Lipinski definition) is 4. The van der Waals surface area contributed by atoms with Gasteiger partial charge in [-0.25, -0.2) is 4.68 Å². The van der Waals surface area contributed by atoms with Crippen LogP contribution in [-0.4, -0.2) is 45.8 Å². The molecule has 8 nitrogen and oxygen atoms in total. The van der Waals surface area contributed by atoms with Crippen molar-refractivity contribution >= 4 is 34.7 Å². The zero-order valence-corrected chi connectivity index (χ0v) is 19.6. The second kappa shape index (κ2) is 8.70. The van der Waals surface area contributed by atoms with E-state index < -0.39 is 17.4 Å². The summed E-state index contributed by atoms with van der Waals surface area (Å²) in [5.41, 5.74) is 1.98. The van der Waals surface area contributed by atoms with Gasteiger partial charge in [-0.1, -0.05) is 17.7 Å². The van der Waals surface area contributed by atoms with Gasteiger partial charge in [-0.2, -0.15) is 4.57 Å². The minimum Gasteiger partial charge on any atom is -0.376 e. The summed E-state index contributed by atoms with van der Waals surface area (Å²) in [5.74, 6) is -0.945. The van der Waals surface area contributed by atoms with Crippen LogP contribution in [0.5, 0.6) is 0 Å². The summed E-state index contributed by atoms with van der Waals surface area (Å²) in [5, 5.41) is 3.51. The Hall–Kier alpha value is -3.49. The van der Waals surface area contributed by atoms with Gasteiger partial charge in [-0.15, -0.1) is 0 Å². The number of nitrogens with zero attached hydrogens (tertiary/aromatic N) is 3. The quantitative estimate of drug-likeness (QED) is 0.450. The first-order chi connectivity index (χ1) is 16.3. The molecule has 0 spiro atoms. The summed E-state index contributed by atoms with van der Waals surface area (Å²) in [6.45, 7) is 4.42. The smallest absolute Gasteiger partial charge is 0.327 e. The number of pyridine rings is 1. The third kappa shape index (κ3) is 3.78. The molecule has 0 saturated carbocycles. The fourth-order valence-corrected chi connectivity index (χ4v) is 4.66. The van der Waals surface area contributed by atoms with Gasteiger partial charge in [0.25, 0.3) is 17.2 Å². The van der Waals surface area contributed by atoms with Gasteiger partial charge in [0.15, 0.2) is 12.4 Å². The first kappa shape index (κ1) is 22.3. The molecule has 1 atom stereocenters. The van der Waals surface area contributed by atoms with Crippen LogP contribution in [0.2, 0.25) is 5.02 Å². The van der Waals surface area contributed by atoms with Crippen molar-refractivity contribution in [1.82, 2.24) is 14.7 Å². The van der Waals surface area contributed by atoms with Crippen LogP contribution in [0, 0.1) is 13.8 Å². The van der Waals surface area contributed by atoms with Crippen molar-refractivity contribution in [2.75, 3.05) is 13.2 Å². The Bertz CT molecular complexity index is 1380. The van der Waals surface area contributed by atoms with Crippen LogP contribution in [-0.2, 0) is 14.3 Å². The summed E-state index contributed by atoms with van der Waals surface area (Å²) < 4.78 is 8.61. The number of H-pyrrole nitrogens is 1. The number of halogens is 1. The lowest BCUT2D eigenvalue weighted by atomic mass is 10.1. The predicted octanol–water partition coefficient (Wildman–Crippen LogP) is 2.64. The molecule has 174 valence electrons. The standard InChI is InChI=1S/C25H23ClN4O4/c1-15-8-10-28(11-9-15)22-21(23(31)29(25(22)33)14-19-7-4-12-34-19)20-16(2)27-30(24(20)32)18-6-3-5-17(26)13-18/h3,5-6,8-11,13,19H,4,7,12,14H2,1-2H3/p+1. The Balaban J connectivity index is 1.67. The highest BCUT2D eigenvalue weighted by atomic mass is 35.5.